The fourth-order valence-electron chi connectivity index (χ4n) is 3.65. The average Bonchev–Trinajstić information content (AvgIpc) is 3.21. The maximum absolute atomic E-state index is 13.3. The molecule has 1 aliphatic heterocycles. The van der Waals surface area contributed by atoms with Crippen LogP contribution in [-0.2, 0) is 6.54 Å². The van der Waals surface area contributed by atoms with Crippen molar-refractivity contribution in [3.05, 3.63) is 53.5 Å². The second-order valence-electron chi connectivity index (χ2n) is 7.03. The Kier molecular flexibility index (Phi) is 4.70. The molecule has 1 amide bonds. The van der Waals surface area contributed by atoms with Gasteiger partial charge < -0.3 is 13.9 Å². The minimum absolute atomic E-state index is 0.0478. The molecular weight excluding hydrogens is 347 g/mol. The van der Waals surface area contributed by atoms with E-state index in [1.54, 1.807) is 12.4 Å². The first kappa shape index (κ1) is 17.7. The van der Waals surface area contributed by atoms with Gasteiger partial charge in [-0.05, 0) is 32.0 Å². The highest BCUT2D eigenvalue weighted by Crippen LogP contribution is 2.18. The third kappa shape index (κ3) is 3.60. The minimum Gasteiger partial charge on any atom is -0.466 e. The van der Waals surface area contributed by atoms with Crippen LogP contribution in [0.2, 0.25) is 0 Å². The standard InChI is InChI=1S/C20H23FN4O2/c1-14-11-17(15(2)27-14)20(26)24-8-5-23(6-9-24)7-10-25-13-22-18-12-16(21)3-4-19(18)25/h3-4,11-13H,5-10H2,1-2H3. The van der Waals surface area contributed by atoms with Crippen molar-refractivity contribution in [3.8, 4) is 0 Å². The molecule has 142 valence electrons. The van der Waals surface area contributed by atoms with Crippen molar-refractivity contribution >= 4 is 16.9 Å². The number of aromatic nitrogens is 2. The van der Waals surface area contributed by atoms with Crippen LogP contribution >= 0.6 is 0 Å². The maximum Gasteiger partial charge on any atom is 0.257 e. The number of piperazine rings is 1. The van der Waals surface area contributed by atoms with Crippen LogP contribution in [0.1, 0.15) is 21.9 Å². The number of nitrogens with zero attached hydrogens (tertiary/aromatic N) is 4. The van der Waals surface area contributed by atoms with E-state index >= 15 is 0 Å². The van der Waals surface area contributed by atoms with Gasteiger partial charge in [0.15, 0.2) is 0 Å². The van der Waals surface area contributed by atoms with Crippen molar-refractivity contribution in [2.24, 2.45) is 0 Å². The van der Waals surface area contributed by atoms with E-state index in [0.29, 0.717) is 29.9 Å². The fraction of sp³-hybridized carbons (Fsp3) is 0.400. The Bertz CT molecular complexity index is 970. The number of aryl methyl sites for hydroxylation is 2. The summed E-state index contributed by atoms with van der Waals surface area (Å²) in [4.78, 5) is 21.2. The van der Waals surface area contributed by atoms with Crippen molar-refractivity contribution in [3.63, 3.8) is 0 Å². The number of hydrogen-bond donors (Lipinski definition) is 0. The summed E-state index contributed by atoms with van der Waals surface area (Å²) in [6.45, 7) is 8.43. The Labute approximate surface area is 157 Å². The van der Waals surface area contributed by atoms with Crippen LogP contribution < -0.4 is 0 Å². The average molecular weight is 370 g/mol. The zero-order valence-corrected chi connectivity index (χ0v) is 15.6. The highest BCUT2D eigenvalue weighted by atomic mass is 19.1. The lowest BCUT2D eigenvalue weighted by atomic mass is 10.2. The van der Waals surface area contributed by atoms with E-state index in [1.165, 1.54) is 12.1 Å². The van der Waals surface area contributed by atoms with Gasteiger partial charge in [-0.1, -0.05) is 0 Å². The molecule has 0 aliphatic carbocycles. The van der Waals surface area contributed by atoms with E-state index in [-0.39, 0.29) is 11.7 Å². The number of imidazole rings is 1. The molecule has 0 atom stereocenters. The molecule has 0 unspecified atom stereocenters. The van der Waals surface area contributed by atoms with Crippen molar-refractivity contribution in [2.45, 2.75) is 20.4 Å². The molecule has 0 saturated carbocycles. The normalized spacial score (nSPS) is 15.6. The molecule has 3 heterocycles. The first-order valence-corrected chi connectivity index (χ1v) is 9.20. The van der Waals surface area contributed by atoms with Crippen molar-refractivity contribution in [1.82, 2.24) is 19.4 Å². The maximum atomic E-state index is 13.3. The lowest BCUT2D eigenvalue weighted by Gasteiger charge is -2.34. The van der Waals surface area contributed by atoms with Gasteiger partial charge >= 0.3 is 0 Å². The molecule has 0 radical (unpaired) electrons. The molecule has 27 heavy (non-hydrogen) atoms. The van der Waals surface area contributed by atoms with E-state index in [0.717, 1.165) is 37.5 Å². The summed E-state index contributed by atoms with van der Waals surface area (Å²) in [6.07, 6.45) is 1.76. The van der Waals surface area contributed by atoms with Gasteiger partial charge in [-0.2, -0.15) is 0 Å². The number of benzene rings is 1. The summed E-state index contributed by atoms with van der Waals surface area (Å²) in [5, 5.41) is 0. The lowest BCUT2D eigenvalue weighted by molar-refractivity contribution is 0.0632. The first-order chi connectivity index (χ1) is 13.0. The van der Waals surface area contributed by atoms with Gasteiger partial charge in [0, 0.05) is 45.3 Å². The van der Waals surface area contributed by atoms with Crippen molar-refractivity contribution < 1.29 is 13.6 Å². The summed E-state index contributed by atoms with van der Waals surface area (Å²) in [7, 11) is 0. The first-order valence-electron chi connectivity index (χ1n) is 9.20. The van der Waals surface area contributed by atoms with Crippen LogP contribution in [0.25, 0.3) is 11.0 Å². The summed E-state index contributed by atoms with van der Waals surface area (Å²) in [6, 6.07) is 6.50. The fourth-order valence-corrected chi connectivity index (χ4v) is 3.65. The number of fused-ring (bicyclic) bond motifs is 1. The number of carbonyl (C=O) groups excluding carboxylic acids is 1. The van der Waals surface area contributed by atoms with Gasteiger partial charge in [0.05, 0.1) is 22.9 Å². The molecular formula is C20H23FN4O2. The summed E-state index contributed by atoms with van der Waals surface area (Å²) in [5.41, 5.74) is 2.28. The van der Waals surface area contributed by atoms with Crippen molar-refractivity contribution in [2.75, 3.05) is 32.7 Å². The molecule has 0 spiro atoms. The Morgan fingerprint density at radius 3 is 2.63 bits per heavy atom. The van der Waals surface area contributed by atoms with Crippen molar-refractivity contribution in [1.29, 1.82) is 0 Å². The smallest absolute Gasteiger partial charge is 0.257 e. The highest BCUT2D eigenvalue weighted by Gasteiger charge is 2.24. The van der Waals surface area contributed by atoms with Crippen LogP contribution in [0, 0.1) is 19.7 Å². The third-order valence-electron chi connectivity index (χ3n) is 5.17. The molecule has 1 saturated heterocycles. The van der Waals surface area contributed by atoms with Crippen LogP contribution in [0.15, 0.2) is 35.0 Å². The van der Waals surface area contributed by atoms with E-state index < -0.39 is 0 Å². The summed E-state index contributed by atoms with van der Waals surface area (Å²) < 4.78 is 20.8. The molecule has 0 bridgehead atoms. The molecule has 0 N–H and O–H groups in total. The van der Waals surface area contributed by atoms with E-state index in [1.807, 2.05) is 29.4 Å². The molecule has 7 heteroatoms. The second-order valence-corrected chi connectivity index (χ2v) is 7.03. The zero-order valence-electron chi connectivity index (χ0n) is 15.6. The highest BCUT2D eigenvalue weighted by molar-refractivity contribution is 5.95. The predicted octanol–water partition coefficient (Wildman–Crippen LogP) is 2.84. The molecule has 6 nitrogen and oxygen atoms in total. The number of amides is 1. The Morgan fingerprint density at radius 1 is 1.15 bits per heavy atom. The van der Waals surface area contributed by atoms with Gasteiger partial charge in [-0.15, -0.1) is 0 Å². The quantitative estimate of drug-likeness (QED) is 0.709. The monoisotopic (exact) mass is 370 g/mol. The number of rotatable bonds is 4. The summed E-state index contributed by atoms with van der Waals surface area (Å²) in [5.74, 6) is 1.23. The van der Waals surface area contributed by atoms with Gasteiger partial charge in [0.25, 0.3) is 5.91 Å². The number of furan rings is 1. The zero-order chi connectivity index (χ0) is 19.0. The van der Waals surface area contributed by atoms with E-state index in [4.69, 9.17) is 4.42 Å². The molecule has 4 rings (SSSR count). The molecule has 1 aromatic carbocycles. The summed E-state index contributed by atoms with van der Waals surface area (Å²) >= 11 is 0. The number of halogens is 1. The van der Waals surface area contributed by atoms with E-state index in [9.17, 15) is 9.18 Å². The van der Waals surface area contributed by atoms with Crippen LogP contribution in [0.5, 0.6) is 0 Å². The van der Waals surface area contributed by atoms with Crippen LogP contribution in [-0.4, -0.2) is 58.0 Å². The van der Waals surface area contributed by atoms with Gasteiger partial charge in [0.1, 0.15) is 17.3 Å². The van der Waals surface area contributed by atoms with Crippen LogP contribution in [0.4, 0.5) is 4.39 Å². The molecule has 2 aromatic heterocycles. The van der Waals surface area contributed by atoms with Gasteiger partial charge in [-0.3, -0.25) is 9.69 Å². The predicted molar refractivity (Wildman–Crippen MR) is 100 cm³/mol. The third-order valence-corrected chi connectivity index (χ3v) is 5.17. The Hall–Kier alpha value is -2.67. The minimum atomic E-state index is -0.267. The molecule has 1 fully saturated rings. The largest absolute Gasteiger partial charge is 0.466 e. The lowest BCUT2D eigenvalue weighted by Crippen LogP contribution is -2.49. The number of carbonyl (C=O) groups is 1. The van der Waals surface area contributed by atoms with Gasteiger partial charge in [0.2, 0.25) is 0 Å². The second kappa shape index (κ2) is 7.15. The number of hydrogen-bond acceptors (Lipinski definition) is 4. The molecule has 3 aromatic rings. The molecule has 1 aliphatic rings. The van der Waals surface area contributed by atoms with Crippen LogP contribution in [0.3, 0.4) is 0 Å². The Morgan fingerprint density at radius 2 is 1.93 bits per heavy atom. The van der Waals surface area contributed by atoms with E-state index in [2.05, 4.69) is 9.88 Å². The SMILES string of the molecule is Cc1cc(C(=O)N2CCN(CCn3cnc4cc(F)ccc43)CC2)c(C)o1. The Balaban J connectivity index is 1.33. The van der Waals surface area contributed by atoms with Gasteiger partial charge in [-0.25, -0.2) is 9.37 Å². The topological polar surface area (TPSA) is 54.5 Å².